The standard InChI is InChI=1S/C17H22N4O6S/c1-6-26-16(23)13(10-18)19-21-27-15(22)12-9-7-8-11(2)14(12)28(24,25)20-17(3,4)5/h7-9,20-21H,6H2,1-5H3. The Morgan fingerprint density at radius 1 is 1.29 bits per heavy atom. The van der Waals surface area contributed by atoms with E-state index in [1.54, 1.807) is 27.7 Å². The van der Waals surface area contributed by atoms with Crippen LogP contribution >= 0.6 is 0 Å². The van der Waals surface area contributed by atoms with E-state index in [-0.39, 0.29) is 17.1 Å². The van der Waals surface area contributed by atoms with Crippen LogP contribution < -0.4 is 10.3 Å². The van der Waals surface area contributed by atoms with Gasteiger partial charge < -0.3 is 9.57 Å². The Hall–Kier alpha value is -2.97. The number of ether oxygens (including phenoxy) is 1. The van der Waals surface area contributed by atoms with E-state index < -0.39 is 33.2 Å². The lowest BCUT2D eigenvalue weighted by atomic mass is 10.1. The van der Waals surface area contributed by atoms with Crippen molar-refractivity contribution in [2.24, 2.45) is 5.10 Å². The average molecular weight is 410 g/mol. The first-order valence-electron chi connectivity index (χ1n) is 8.17. The molecular weight excluding hydrogens is 388 g/mol. The largest absolute Gasteiger partial charge is 0.461 e. The van der Waals surface area contributed by atoms with E-state index in [1.807, 2.05) is 5.59 Å². The summed E-state index contributed by atoms with van der Waals surface area (Å²) in [5, 5.41) is 12.2. The van der Waals surface area contributed by atoms with E-state index in [4.69, 9.17) is 5.26 Å². The predicted molar refractivity (Wildman–Crippen MR) is 99.5 cm³/mol. The first kappa shape index (κ1) is 23.1. The summed E-state index contributed by atoms with van der Waals surface area (Å²) >= 11 is 0. The summed E-state index contributed by atoms with van der Waals surface area (Å²) in [6.45, 7) is 8.10. The van der Waals surface area contributed by atoms with Crippen LogP contribution in [0.15, 0.2) is 28.2 Å². The maximum atomic E-state index is 12.7. The van der Waals surface area contributed by atoms with Gasteiger partial charge in [0.1, 0.15) is 6.07 Å². The van der Waals surface area contributed by atoms with Gasteiger partial charge >= 0.3 is 11.9 Å². The van der Waals surface area contributed by atoms with Crippen molar-refractivity contribution >= 4 is 27.7 Å². The van der Waals surface area contributed by atoms with Crippen LogP contribution in [0.5, 0.6) is 0 Å². The number of carbonyl (C=O) groups is 2. The summed E-state index contributed by atoms with van der Waals surface area (Å²) in [4.78, 5) is 28.2. The van der Waals surface area contributed by atoms with Crippen molar-refractivity contribution in [3.05, 3.63) is 29.3 Å². The minimum atomic E-state index is -4.03. The van der Waals surface area contributed by atoms with Gasteiger partial charge in [-0.3, -0.25) is 0 Å². The molecule has 0 unspecified atom stereocenters. The van der Waals surface area contributed by atoms with Crippen molar-refractivity contribution in [2.45, 2.75) is 45.1 Å². The van der Waals surface area contributed by atoms with Gasteiger partial charge in [0, 0.05) is 5.54 Å². The molecule has 152 valence electrons. The number of hydrogen-bond donors (Lipinski definition) is 2. The van der Waals surface area contributed by atoms with Crippen LogP contribution in [0.1, 0.15) is 43.6 Å². The summed E-state index contributed by atoms with van der Waals surface area (Å²) in [6.07, 6.45) is 0. The fraction of sp³-hybridized carbons (Fsp3) is 0.412. The molecule has 0 radical (unpaired) electrons. The lowest BCUT2D eigenvalue weighted by Gasteiger charge is -2.22. The molecule has 1 aromatic rings. The second-order valence-electron chi connectivity index (χ2n) is 6.58. The zero-order valence-corrected chi connectivity index (χ0v) is 17.0. The summed E-state index contributed by atoms with van der Waals surface area (Å²) in [5.74, 6) is -2.07. The molecule has 0 fully saturated rings. The third kappa shape index (κ3) is 6.33. The van der Waals surface area contributed by atoms with Gasteiger partial charge in [0.25, 0.3) is 0 Å². The molecule has 0 atom stereocenters. The number of nitrogens with zero attached hydrogens (tertiary/aromatic N) is 2. The highest BCUT2D eigenvalue weighted by Gasteiger charge is 2.29. The normalized spacial score (nSPS) is 12.1. The lowest BCUT2D eigenvalue weighted by Crippen LogP contribution is -2.41. The smallest absolute Gasteiger partial charge is 0.369 e. The number of sulfonamides is 1. The van der Waals surface area contributed by atoms with Gasteiger partial charge in [0.05, 0.1) is 17.1 Å². The minimum absolute atomic E-state index is 0.0324. The van der Waals surface area contributed by atoms with Gasteiger partial charge in [-0.1, -0.05) is 12.1 Å². The van der Waals surface area contributed by atoms with E-state index in [0.29, 0.717) is 5.56 Å². The van der Waals surface area contributed by atoms with Crippen molar-refractivity contribution in [1.29, 1.82) is 5.26 Å². The fourth-order valence-corrected chi connectivity index (χ4v) is 3.95. The number of hydrazone groups is 1. The van der Waals surface area contributed by atoms with Gasteiger partial charge in [-0.15, -0.1) is 10.7 Å². The third-order valence-electron chi connectivity index (χ3n) is 3.01. The minimum Gasteiger partial charge on any atom is -0.461 e. The van der Waals surface area contributed by atoms with Crippen molar-refractivity contribution in [3.63, 3.8) is 0 Å². The van der Waals surface area contributed by atoms with Gasteiger partial charge in [0.2, 0.25) is 15.7 Å². The highest BCUT2D eigenvalue weighted by Crippen LogP contribution is 2.22. The molecule has 0 heterocycles. The molecule has 0 aliphatic rings. The molecule has 0 spiro atoms. The van der Waals surface area contributed by atoms with Crippen molar-refractivity contribution in [3.8, 4) is 6.07 Å². The Bertz CT molecular complexity index is 926. The number of carbonyl (C=O) groups excluding carboxylic acids is 2. The van der Waals surface area contributed by atoms with E-state index in [2.05, 4.69) is 19.4 Å². The molecule has 0 saturated carbocycles. The van der Waals surface area contributed by atoms with Crippen LogP contribution in [0.2, 0.25) is 0 Å². The van der Waals surface area contributed by atoms with Crippen molar-refractivity contribution < 1.29 is 27.6 Å². The monoisotopic (exact) mass is 410 g/mol. The number of benzene rings is 1. The first-order chi connectivity index (χ1) is 12.9. The number of hydrogen-bond acceptors (Lipinski definition) is 9. The number of nitrogens with one attached hydrogen (secondary N) is 2. The van der Waals surface area contributed by atoms with Crippen LogP contribution in [0.25, 0.3) is 0 Å². The second kappa shape index (κ2) is 9.29. The summed E-state index contributed by atoms with van der Waals surface area (Å²) < 4.78 is 32.5. The maximum Gasteiger partial charge on any atom is 0.369 e. The van der Waals surface area contributed by atoms with E-state index in [0.717, 1.165) is 0 Å². The van der Waals surface area contributed by atoms with Crippen molar-refractivity contribution in [2.75, 3.05) is 6.61 Å². The van der Waals surface area contributed by atoms with Gasteiger partial charge in [-0.2, -0.15) is 5.26 Å². The zero-order valence-electron chi connectivity index (χ0n) is 16.2. The van der Waals surface area contributed by atoms with Gasteiger partial charge in [0.15, 0.2) is 0 Å². The molecule has 0 bridgehead atoms. The highest BCUT2D eigenvalue weighted by molar-refractivity contribution is 7.89. The maximum absolute atomic E-state index is 12.7. The lowest BCUT2D eigenvalue weighted by molar-refractivity contribution is -0.135. The van der Waals surface area contributed by atoms with Crippen LogP contribution in [0, 0.1) is 18.3 Å². The summed E-state index contributed by atoms with van der Waals surface area (Å²) in [5.41, 5.74) is 0.474. The molecule has 0 aliphatic heterocycles. The fourth-order valence-electron chi connectivity index (χ4n) is 2.10. The Balaban J connectivity index is 3.13. The quantitative estimate of drug-likeness (QED) is 0.387. The molecule has 0 aromatic heterocycles. The molecule has 11 heteroatoms. The average Bonchev–Trinajstić information content (AvgIpc) is 2.56. The molecule has 10 nitrogen and oxygen atoms in total. The molecule has 28 heavy (non-hydrogen) atoms. The second-order valence-corrected chi connectivity index (χ2v) is 8.20. The Labute approximate surface area is 163 Å². The van der Waals surface area contributed by atoms with E-state index in [1.165, 1.54) is 31.2 Å². The number of rotatable bonds is 7. The van der Waals surface area contributed by atoms with Crippen LogP contribution in [0.4, 0.5) is 0 Å². The first-order valence-corrected chi connectivity index (χ1v) is 9.66. The zero-order chi connectivity index (χ0) is 21.5. The highest BCUT2D eigenvalue weighted by atomic mass is 32.2. The molecule has 0 amide bonds. The number of nitriles is 1. The topological polar surface area (TPSA) is 147 Å². The van der Waals surface area contributed by atoms with Crippen molar-refractivity contribution in [1.82, 2.24) is 10.3 Å². The molecule has 1 rings (SSSR count). The molecule has 0 saturated heterocycles. The predicted octanol–water partition coefficient (Wildman–Crippen LogP) is 1.18. The SMILES string of the molecule is CCOC(=O)C(C#N)=NNOC(=O)c1cccc(C)c1S(=O)(=O)NC(C)(C)C. The molecule has 0 aliphatic carbocycles. The molecule has 1 aromatic carbocycles. The summed E-state index contributed by atoms with van der Waals surface area (Å²) in [6, 6.07) is 5.79. The third-order valence-corrected chi connectivity index (χ3v) is 4.97. The molecular formula is C17H22N4O6S. The number of aryl methyl sites for hydroxylation is 1. The van der Waals surface area contributed by atoms with Gasteiger partial charge in [-0.25, -0.2) is 22.7 Å². The van der Waals surface area contributed by atoms with E-state index in [9.17, 15) is 18.0 Å². The Kier molecular flexibility index (Phi) is 7.66. The van der Waals surface area contributed by atoms with Crippen LogP contribution in [0.3, 0.4) is 0 Å². The number of esters is 1. The van der Waals surface area contributed by atoms with Crippen LogP contribution in [-0.4, -0.2) is 38.2 Å². The summed E-state index contributed by atoms with van der Waals surface area (Å²) in [7, 11) is -4.03. The Morgan fingerprint density at radius 3 is 2.46 bits per heavy atom. The van der Waals surface area contributed by atoms with E-state index >= 15 is 0 Å². The van der Waals surface area contributed by atoms with Gasteiger partial charge in [-0.05, 0) is 46.2 Å². The molecule has 2 N–H and O–H groups in total. The Morgan fingerprint density at radius 2 is 1.93 bits per heavy atom. The van der Waals surface area contributed by atoms with Crippen LogP contribution in [-0.2, 0) is 24.4 Å².